The summed E-state index contributed by atoms with van der Waals surface area (Å²) < 4.78 is 17.5. The van der Waals surface area contributed by atoms with Crippen LogP contribution in [0, 0.1) is 0 Å². The van der Waals surface area contributed by atoms with Crippen molar-refractivity contribution in [3.63, 3.8) is 0 Å². The summed E-state index contributed by atoms with van der Waals surface area (Å²) >= 11 is 0. The molecule has 0 radical (unpaired) electrons. The van der Waals surface area contributed by atoms with Crippen LogP contribution in [-0.4, -0.2) is 28.1 Å². The fraction of sp³-hybridized carbons (Fsp3) is 0.636. The Morgan fingerprint density at radius 1 is 1.12 bits per heavy atom. The molecule has 1 rings (SSSR count). The third kappa shape index (κ3) is 8.06. The van der Waals surface area contributed by atoms with Crippen molar-refractivity contribution < 1.29 is 13.9 Å². The van der Waals surface area contributed by atoms with E-state index in [0.717, 1.165) is 38.0 Å². The molecule has 0 saturated heterocycles. The molecule has 26 heavy (non-hydrogen) atoms. The third-order valence-electron chi connectivity index (χ3n) is 5.19. The van der Waals surface area contributed by atoms with Crippen molar-refractivity contribution in [2.24, 2.45) is 0 Å². The molecule has 1 aromatic rings. The van der Waals surface area contributed by atoms with Crippen LogP contribution in [0.3, 0.4) is 0 Å². The van der Waals surface area contributed by atoms with Gasteiger partial charge in [0.15, 0.2) is 8.32 Å². The normalized spacial score (nSPS) is 13.5. The van der Waals surface area contributed by atoms with Crippen molar-refractivity contribution in [2.45, 2.75) is 77.3 Å². The van der Waals surface area contributed by atoms with Gasteiger partial charge in [-0.25, -0.2) is 0 Å². The van der Waals surface area contributed by atoms with Crippen LogP contribution in [0.2, 0.25) is 18.1 Å². The van der Waals surface area contributed by atoms with Crippen LogP contribution in [0.5, 0.6) is 5.75 Å². The largest absolute Gasteiger partial charge is 0.497 e. The van der Waals surface area contributed by atoms with Crippen molar-refractivity contribution in [2.75, 3.05) is 13.7 Å². The van der Waals surface area contributed by atoms with E-state index >= 15 is 0 Å². The SMILES string of the molecule is C=CC[C@@H](CCCCOCc1ccc(OC)cc1)O[Si](C)(C)C(C)(C)C. The number of hydrogen-bond acceptors (Lipinski definition) is 3. The Hall–Kier alpha value is -1.10. The Kier molecular flexibility index (Phi) is 9.62. The minimum Gasteiger partial charge on any atom is -0.497 e. The van der Waals surface area contributed by atoms with E-state index in [4.69, 9.17) is 13.9 Å². The fourth-order valence-corrected chi connectivity index (χ4v) is 3.89. The molecule has 3 nitrogen and oxygen atoms in total. The van der Waals surface area contributed by atoms with E-state index in [2.05, 4.69) is 40.4 Å². The average molecular weight is 379 g/mol. The summed E-state index contributed by atoms with van der Waals surface area (Å²) in [6.07, 6.45) is 6.46. The molecule has 0 aliphatic rings. The number of ether oxygens (including phenoxy) is 2. The molecule has 4 heteroatoms. The van der Waals surface area contributed by atoms with Crippen LogP contribution in [0.4, 0.5) is 0 Å². The van der Waals surface area contributed by atoms with Crippen molar-refractivity contribution in [3.8, 4) is 5.75 Å². The molecule has 0 bridgehead atoms. The zero-order chi connectivity index (χ0) is 19.6. The minimum atomic E-state index is -1.72. The number of rotatable bonds is 12. The molecular weight excluding hydrogens is 340 g/mol. The zero-order valence-corrected chi connectivity index (χ0v) is 18.6. The molecule has 0 spiro atoms. The minimum absolute atomic E-state index is 0.244. The lowest BCUT2D eigenvalue weighted by Crippen LogP contribution is -2.43. The maximum atomic E-state index is 6.56. The second-order valence-electron chi connectivity index (χ2n) is 8.42. The molecule has 0 heterocycles. The second kappa shape index (κ2) is 10.9. The Labute approximate surface area is 161 Å². The van der Waals surface area contributed by atoms with Gasteiger partial charge in [-0.3, -0.25) is 0 Å². The van der Waals surface area contributed by atoms with E-state index in [1.165, 1.54) is 5.56 Å². The van der Waals surface area contributed by atoms with Gasteiger partial charge in [0, 0.05) is 12.7 Å². The lowest BCUT2D eigenvalue weighted by molar-refractivity contribution is 0.111. The Morgan fingerprint density at radius 3 is 2.31 bits per heavy atom. The first-order valence-corrected chi connectivity index (χ1v) is 12.6. The second-order valence-corrected chi connectivity index (χ2v) is 13.2. The monoisotopic (exact) mass is 378 g/mol. The molecule has 0 N–H and O–H groups in total. The van der Waals surface area contributed by atoms with Gasteiger partial charge in [-0.2, -0.15) is 0 Å². The van der Waals surface area contributed by atoms with Crippen molar-refractivity contribution >= 4 is 8.32 Å². The molecule has 0 fully saturated rings. The summed E-state index contributed by atoms with van der Waals surface area (Å²) in [4.78, 5) is 0. The summed E-state index contributed by atoms with van der Waals surface area (Å²) in [6, 6.07) is 8.03. The summed E-state index contributed by atoms with van der Waals surface area (Å²) in [5.74, 6) is 0.878. The van der Waals surface area contributed by atoms with Gasteiger partial charge in [-0.1, -0.05) is 39.0 Å². The van der Waals surface area contributed by atoms with Crippen molar-refractivity contribution in [3.05, 3.63) is 42.5 Å². The quantitative estimate of drug-likeness (QED) is 0.241. The van der Waals surface area contributed by atoms with Crippen LogP contribution in [-0.2, 0) is 15.8 Å². The molecule has 0 aliphatic carbocycles. The maximum Gasteiger partial charge on any atom is 0.192 e. The summed E-state index contributed by atoms with van der Waals surface area (Å²) in [5, 5.41) is 0.244. The number of hydrogen-bond donors (Lipinski definition) is 0. The molecule has 0 aliphatic heterocycles. The van der Waals surface area contributed by atoms with E-state index in [-0.39, 0.29) is 11.1 Å². The van der Waals surface area contributed by atoms with Crippen molar-refractivity contribution in [1.82, 2.24) is 0 Å². The molecule has 1 atom stereocenters. The van der Waals surface area contributed by atoms with Crippen LogP contribution >= 0.6 is 0 Å². The molecule has 1 aromatic carbocycles. The standard InChI is InChI=1S/C22H38O3Si/c1-8-11-21(25-26(6,7)22(2,3)4)12-9-10-17-24-18-19-13-15-20(23-5)16-14-19/h8,13-16,21H,1,9-12,17-18H2,2-7H3/t21-/m0/s1. The predicted molar refractivity (Wildman–Crippen MR) is 113 cm³/mol. The number of methoxy groups -OCH3 is 1. The van der Waals surface area contributed by atoms with Crippen LogP contribution in [0.25, 0.3) is 0 Å². The lowest BCUT2D eigenvalue weighted by atomic mass is 10.1. The highest BCUT2D eigenvalue weighted by Gasteiger charge is 2.38. The van der Waals surface area contributed by atoms with Gasteiger partial charge in [0.05, 0.1) is 13.7 Å². The Balaban J connectivity index is 2.29. The zero-order valence-electron chi connectivity index (χ0n) is 17.6. The van der Waals surface area contributed by atoms with Gasteiger partial charge in [0.2, 0.25) is 0 Å². The maximum absolute atomic E-state index is 6.56. The van der Waals surface area contributed by atoms with Gasteiger partial charge in [-0.05, 0) is 61.5 Å². The van der Waals surface area contributed by atoms with Gasteiger partial charge in [0.1, 0.15) is 5.75 Å². The van der Waals surface area contributed by atoms with Crippen LogP contribution in [0.1, 0.15) is 52.0 Å². The highest BCUT2D eigenvalue weighted by molar-refractivity contribution is 6.74. The Bertz CT molecular complexity index is 517. The van der Waals surface area contributed by atoms with Gasteiger partial charge >= 0.3 is 0 Å². The smallest absolute Gasteiger partial charge is 0.192 e. The van der Waals surface area contributed by atoms with E-state index in [1.54, 1.807) is 7.11 Å². The molecular formula is C22H38O3Si. The first-order chi connectivity index (χ1) is 12.2. The van der Waals surface area contributed by atoms with E-state index in [0.29, 0.717) is 6.61 Å². The summed E-state index contributed by atoms with van der Waals surface area (Å²) in [5.41, 5.74) is 1.18. The first-order valence-electron chi connectivity index (χ1n) is 9.69. The van der Waals surface area contributed by atoms with Crippen molar-refractivity contribution in [1.29, 1.82) is 0 Å². The fourth-order valence-electron chi connectivity index (χ4n) is 2.49. The number of unbranched alkanes of at least 4 members (excludes halogenated alkanes) is 1. The predicted octanol–water partition coefficient (Wildman–Crippen LogP) is 6.35. The van der Waals surface area contributed by atoms with Gasteiger partial charge in [0.25, 0.3) is 0 Å². The van der Waals surface area contributed by atoms with Crippen LogP contribution < -0.4 is 4.74 Å². The van der Waals surface area contributed by atoms with Gasteiger partial charge in [-0.15, -0.1) is 6.58 Å². The summed E-state index contributed by atoms with van der Waals surface area (Å²) in [6.45, 7) is 16.8. The lowest BCUT2D eigenvalue weighted by Gasteiger charge is -2.39. The Morgan fingerprint density at radius 2 is 1.77 bits per heavy atom. The van der Waals surface area contributed by atoms with E-state index in [9.17, 15) is 0 Å². The highest BCUT2D eigenvalue weighted by atomic mass is 28.4. The first kappa shape index (κ1) is 22.9. The average Bonchev–Trinajstić information content (AvgIpc) is 2.57. The summed E-state index contributed by atoms with van der Waals surface area (Å²) in [7, 11) is -0.0414. The molecule has 0 unspecified atom stereocenters. The molecule has 148 valence electrons. The van der Waals surface area contributed by atoms with Crippen LogP contribution in [0.15, 0.2) is 36.9 Å². The van der Waals surface area contributed by atoms with E-state index in [1.807, 2.05) is 30.3 Å². The topological polar surface area (TPSA) is 27.7 Å². The molecule has 0 amide bonds. The van der Waals surface area contributed by atoms with E-state index < -0.39 is 8.32 Å². The van der Waals surface area contributed by atoms with Gasteiger partial charge < -0.3 is 13.9 Å². The third-order valence-corrected chi connectivity index (χ3v) is 9.72. The molecule has 0 aromatic heterocycles. The molecule has 0 saturated carbocycles. The highest BCUT2D eigenvalue weighted by Crippen LogP contribution is 2.38. The number of benzene rings is 1.